The zero-order chi connectivity index (χ0) is 27.2. The molecule has 0 radical (unpaired) electrons. The lowest BCUT2D eigenvalue weighted by Crippen LogP contribution is -2.43. The van der Waals surface area contributed by atoms with Gasteiger partial charge in [-0.3, -0.25) is 13.9 Å². The van der Waals surface area contributed by atoms with Crippen LogP contribution in [-0.2, 0) is 19.6 Å². The van der Waals surface area contributed by atoms with E-state index in [4.69, 9.17) is 9.72 Å². The molecule has 0 unspecified atom stereocenters. The number of halogens is 3. The highest BCUT2D eigenvalue weighted by molar-refractivity contribution is 5.78. The number of hydrogen-bond acceptors (Lipinski definition) is 5. The van der Waals surface area contributed by atoms with E-state index >= 15 is 0 Å². The molecule has 1 aliphatic carbocycles. The number of aromatic nitrogens is 5. The summed E-state index contributed by atoms with van der Waals surface area (Å²) in [6.45, 7) is 6.20. The highest BCUT2D eigenvalue weighted by Gasteiger charge is 2.47. The normalized spacial score (nSPS) is 15.1. The van der Waals surface area contributed by atoms with E-state index in [0.29, 0.717) is 30.0 Å². The Morgan fingerprint density at radius 2 is 1.71 bits per heavy atom. The van der Waals surface area contributed by atoms with Crippen LogP contribution in [0.5, 0.6) is 5.88 Å². The first-order valence-electron chi connectivity index (χ1n) is 12.6. The molecule has 8 nitrogen and oxygen atoms in total. The molecule has 0 amide bonds. The van der Waals surface area contributed by atoms with Gasteiger partial charge in [-0.05, 0) is 44.0 Å². The Hall–Kier alpha value is -3.89. The lowest BCUT2D eigenvalue weighted by atomic mass is 9.91. The van der Waals surface area contributed by atoms with Gasteiger partial charge in [-0.2, -0.15) is 0 Å². The number of fused-ring (bicyclic) bond motifs is 1. The third-order valence-corrected chi connectivity index (χ3v) is 6.77. The number of hydrogen-bond donors (Lipinski definition) is 0. The molecule has 38 heavy (non-hydrogen) atoms. The van der Waals surface area contributed by atoms with E-state index < -0.39 is 23.3 Å². The van der Waals surface area contributed by atoms with Crippen LogP contribution < -0.4 is 16.0 Å². The number of ether oxygens (including phenoxy) is 1. The van der Waals surface area contributed by atoms with Gasteiger partial charge in [0.1, 0.15) is 17.7 Å². The highest BCUT2D eigenvalue weighted by Crippen LogP contribution is 2.39. The van der Waals surface area contributed by atoms with Crippen molar-refractivity contribution in [2.75, 3.05) is 0 Å². The summed E-state index contributed by atoms with van der Waals surface area (Å²) in [6.07, 6.45) is -0.689. The molecule has 0 spiro atoms. The van der Waals surface area contributed by atoms with Crippen LogP contribution in [-0.4, -0.2) is 35.7 Å². The summed E-state index contributed by atoms with van der Waals surface area (Å²) in [5, 5.41) is 0. The van der Waals surface area contributed by atoms with E-state index in [2.05, 4.69) is 4.98 Å². The van der Waals surface area contributed by atoms with Gasteiger partial charge in [0.05, 0.1) is 5.69 Å². The van der Waals surface area contributed by atoms with Gasteiger partial charge < -0.3 is 9.30 Å². The molecule has 0 aliphatic heterocycles. The maximum absolute atomic E-state index is 13.6. The Bertz CT molecular complexity index is 1610. The van der Waals surface area contributed by atoms with Gasteiger partial charge in [-0.1, -0.05) is 19.1 Å². The number of benzene rings is 1. The van der Waals surface area contributed by atoms with Crippen LogP contribution >= 0.6 is 0 Å². The lowest BCUT2D eigenvalue weighted by Gasteiger charge is -2.34. The van der Waals surface area contributed by atoms with Crippen molar-refractivity contribution in [3.63, 3.8) is 0 Å². The van der Waals surface area contributed by atoms with Gasteiger partial charge in [0.15, 0.2) is 11.2 Å². The average molecular weight is 528 g/mol. The number of alkyl halides is 2. The minimum Gasteiger partial charge on any atom is -0.474 e. The second-order valence-electron chi connectivity index (χ2n) is 9.59. The average Bonchev–Trinajstić information content (AvgIpc) is 3.21. The van der Waals surface area contributed by atoms with E-state index in [0.717, 1.165) is 5.56 Å². The van der Waals surface area contributed by atoms with Gasteiger partial charge in [-0.15, -0.1) is 0 Å². The van der Waals surface area contributed by atoms with Gasteiger partial charge in [0.25, 0.3) is 11.5 Å². The Morgan fingerprint density at radius 3 is 2.32 bits per heavy atom. The summed E-state index contributed by atoms with van der Waals surface area (Å²) < 4.78 is 50.0. The maximum Gasteiger partial charge on any atom is 0.332 e. The van der Waals surface area contributed by atoms with E-state index in [1.54, 1.807) is 35.8 Å². The number of nitrogens with zero attached hydrogens (tertiary/aromatic N) is 5. The molecule has 200 valence electrons. The van der Waals surface area contributed by atoms with Crippen molar-refractivity contribution in [2.45, 2.75) is 71.7 Å². The molecule has 1 saturated carbocycles. The van der Waals surface area contributed by atoms with Crippen LogP contribution in [0.25, 0.3) is 22.6 Å². The number of imidazole rings is 1. The first kappa shape index (κ1) is 25.7. The fraction of sp³-hybridized carbons (Fsp3) is 0.407. The van der Waals surface area contributed by atoms with E-state index in [1.807, 2.05) is 13.8 Å². The maximum atomic E-state index is 13.6. The lowest BCUT2D eigenvalue weighted by molar-refractivity contribution is -0.135. The minimum absolute atomic E-state index is 0.199. The molecule has 4 aromatic rings. The summed E-state index contributed by atoms with van der Waals surface area (Å²) in [4.78, 5) is 35.9. The molecule has 1 fully saturated rings. The molecular weight excluding hydrogens is 499 g/mol. The summed E-state index contributed by atoms with van der Waals surface area (Å²) in [7, 11) is 0. The molecular formula is C27H28F3N5O3. The quantitative estimate of drug-likeness (QED) is 0.336. The van der Waals surface area contributed by atoms with Crippen molar-refractivity contribution >= 4 is 11.2 Å². The van der Waals surface area contributed by atoms with Crippen molar-refractivity contribution in [2.24, 2.45) is 0 Å². The molecule has 5 rings (SSSR count). The summed E-state index contributed by atoms with van der Waals surface area (Å²) in [5.41, 5.74) is 1.47. The monoisotopic (exact) mass is 527 g/mol. The number of rotatable bonds is 8. The van der Waals surface area contributed by atoms with E-state index in [1.165, 1.54) is 21.3 Å². The van der Waals surface area contributed by atoms with Crippen LogP contribution in [0.3, 0.4) is 0 Å². The van der Waals surface area contributed by atoms with Crippen molar-refractivity contribution in [3.05, 3.63) is 74.3 Å². The Kier molecular flexibility index (Phi) is 6.62. The molecule has 3 heterocycles. The smallest absolute Gasteiger partial charge is 0.332 e. The zero-order valence-electron chi connectivity index (χ0n) is 21.4. The second-order valence-corrected chi connectivity index (χ2v) is 9.59. The number of pyridine rings is 1. The molecule has 0 bridgehead atoms. The summed E-state index contributed by atoms with van der Waals surface area (Å²) in [5.74, 6) is -2.45. The topological polar surface area (TPSA) is 83.9 Å². The molecule has 0 atom stereocenters. The summed E-state index contributed by atoms with van der Waals surface area (Å²) >= 11 is 0. The predicted octanol–water partition coefficient (Wildman–Crippen LogP) is 4.52. The highest BCUT2D eigenvalue weighted by atomic mass is 19.3. The van der Waals surface area contributed by atoms with Crippen LogP contribution in [0.4, 0.5) is 13.2 Å². The predicted molar refractivity (Wildman–Crippen MR) is 136 cm³/mol. The number of aryl methyl sites for hydroxylation is 2. The van der Waals surface area contributed by atoms with Crippen molar-refractivity contribution in [1.82, 2.24) is 23.7 Å². The fourth-order valence-electron chi connectivity index (χ4n) is 4.83. The van der Waals surface area contributed by atoms with Gasteiger partial charge in [-0.25, -0.2) is 27.9 Å². The van der Waals surface area contributed by atoms with E-state index in [9.17, 15) is 22.8 Å². The zero-order valence-corrected chi connectivity index (χ0v) is 21.4. The molecule has 11 heteroatoms. The Labute approximate surface area is 216 Å². The van der Waals surface area contributed by atoms with Crippen LogP contribution in [0.1, 0.15) is 44.4 Å². The van der Waals surface area contributed by atoms with Crippen molar-refractivity contribution < 1.29 is 17.9 Å². The van der Waals surface area contributed by atoms with Gasteiger partial charge in [0, 0.05) is 44.1 Å². The fourth-order valence-corrected chi connectivity index (χ4v) is 4.83. The Balaban J connectivity index is 1.67. The van der Waals surface area contributed by atoms with Crippen molar-refractivity contribution in [1.29, 1.82) is 0 Å². The largest absolute Gasteiger partial charge is 0.474 e. The molecule has 3 aromatic heterocycles. The minimum atomic E-state index is -2.70. The SMILES string of the molecule is CCCn1c(=O)c2c(nc(-c3ccc(OC4CC(F)(F)C4)nc3C)n2Cc2ccc(F)cc2)n(CC)c1=O. The van der Waals surface area contributed by atoms with Gasteiger partial charge in [0.2, 0.25) is 5.88 Å². The molecule has 1 aromatic carbocycles. The third-order valence-electron chi connectivity index (χ3n) is 6.77. The van der Waals surface area contributed by atoms with Crippen molar-refractivity contribution in [3.8, 4) is 17.3 Å². The molecule has 1 aliphatic rings. The van der Waals surface area contributed by atoms with Crippen LogP contribution in [0, 0.1) is 12.7 Å². The van der Waals surface area contributed by atoms with Crippen LogP contribution in [0.2, 0.25) is 0 Å². The standard InChI is InChI=1S/C27H28F3N5O3/c1-4-12-34-25(36)22-24(33(5-2)26(34)37)32-23(35(22)15-17-6-8-18(28)9-7-17)20-10-11-21(31-16(20)3)38-19-13-27(29,30)14-19/h6-11,19H,4-5,12-15H2,1-3H3. The summed E-state index contributed by atoms with van der Waals surface area (Å²) in [6, 6.07) is 9.24. The molecule has 0 saturated heterocycles. The second kappa shape index (κ2) is 9.77. The van der Waals surface area contributed by atoms with E-state index in [-0.39, 0.29) is 48.8 Å². The third kappa shape index (κ3) is 4.61. The Morgan fingerprint density at radius 1 is 1.00 bits per heavy atom. The first-order chi connectivity index (χ1) is 18.1. The van der Waals surface area contributed by atoms with Crippen LogP contribution in [0.15, 0.2) is 46.0 Å². The molecule has 0 N–H and O–H groups in total. The first-order valence-corrected chi connectivity index (χ1v) is 12.6. The van der Waals surface area contributed by atoms with Gasteiger partial charge >= 0.3 is 5.69 Å².